The number of methoxy groups -OCH3 is 1. The fraction of sp³-hybridized carbons (Fsp3) is 0.600. The van der Waals surface area contributed by atoms with Crippen LogP contribution in [-0.2, 0) is 4.74 Å². The predicted molar refractivity (Wildman–Crippen MR) is 69.4 cm³/mol. The smallest absolute Gasteiger partial charge is 0.255 e. The molecule has 1 atom stereocenters. The molecule has 1 rings (SSSR count). The number of nitrogen functional groups attached to an aromatic ring is 1. The van der Waals surface area contributed by atoms with Crippen molar-refractivity contribution in [3.8, 4) is 0 Å². The summed E-state index contributed by atoms with van der Waals surface area (Å²) in [6.45, 7) is 5.29. The summed E-state index contributed by atoms with van der Waals surface area (Å²) in [5.41, 5.74) is 11.3. The van der Waals surface area contributed by atoms with E-state index in [-0.39, 0.29) is 11.9 Å². The summed E-state index contributed by atoms with van der Waals surface area (Å²) in [4.78, 5) is 13.4. The molecule has 0 aliphatic rings. The van der Waals surface area contributed by atoms with Gasteiger partial charge in [-0.2, -0.15) is 4.37 Å². The molecule has 0 saturated carbocycles. The number of likely N-dealkylation sites (N-methyl/N-ethyl adjacent to an activating group) is 1. The molecule has 7 heteroatoms. The zero-order valence-electron chi connectivity index (χ0n) is 10.3. The van der Waals surface area contributed by atoms with Gasteiger partial charge in [0.25, 0.3) is 5.91 Å². The van der Waals surface area contributed by atoms with Crippen LogP contribution in [-0.4, -0.2) is 36.6 Å². The topological polar surface area (TPSA) is 94.5 Å². The van der Waals surface area contributed by atoms with Crippen LogP contribution < -0.4 is 16.4 Å². The first kappa shape index (κ1) is 13.7. The molecule has 4 N–H and O–H groups in total. The maximum Gasteiger partial charge on any atom is 0.255 e. The first-order chi connectivity index (χ1) is 8.02. The van der Waals surface area contributed by atoms with Crippen molar-refractivity contribution in [1.29, 1.82) is 0 Å². The van der Waals surface area contributed by atoms with Gasteiger partial charge in [-0.15, -0.1) is 0 Å². The molecule has 17 heavy (non-hydrogen) atoms. The van der Waals surface area contributed by atoms with Crippen LogP contribution in [0.5, 0.6) is 0 Å². The lowest BCUT2D eigenvalue weighted by molar-refractivity contribution is 0.100. The number of ether oxygens (including phenoxy) is 1. The van der Waals surface area contributed by atoms with Gasteiger partial charge in [0.05, 0.1) is 12.6 Å². The highest BCUT2D eigenvalue weighted by Crippen LogP contribution is 2.31. The van der Waals surface area contributed by atoms with Crippen LogP contribution in [0.2, 0.25) is 0 Å². The highest BCUT2D eigenvalue weighted by molar-refractivity contribution is 7.11. The maximum atomic E-state index is 11.4. The van der Waals surface area contributed by atoms with E-state index in [4.69, 9.17) is 16.2 Å². The Balaban J connectivity index is 3.07. The van der Waals surface area contributed by atoms with E-state index in [0.717, 1.165) is 6.54 Å². The summed E-state index contributed by atoms with van der Waals surface area (Å²) in [6, 6.07) is 0.128. The lowest BCUT2D eigenvalue weighted by Crippen LogP contribution is -2.36. The maximum absolute atomic E-state index is 11.4. The van der Waals surface area contributed by atoms with Gasteiger partial charge in [0.1, 0.15) is 10.6 Å². The molecule has 1 aromatic rings. The molecule has 6 nitrogen and oxygen atoms in total. The Kier molecular flexibility index (Phi) is 4.71. The molecule has 0 bridgehead atoms. The summed E-state index contributed by atoms with van der Waals surface area (Å²) >= 11 is 1.19. The van der Waals surface area contributed by atoms with Gasteiger partial charge in [-0.25, -0.2) is 0 Å². The minimum atomic E-state index is -0.547. The number of amides is 1. The first-order valence-electron chi connectivity index (χ1n) is 5.33. The molecule has 1 aromatic heterocycles. The molecule has 1 amide bonds. The van der Waals surface area contributed by atoms with Crippen molar-refractivity contribution in [1.82, 2.24) is 4.37 Å². The molecule has 0 aliphatic carbocycles. The van der Waals surface area contributed by atoms with Crippen molar-refractivity contribution >= 4 is 28.3 Å². The quantitative estimate of drug-likeness (QED) is 0.782. The largest absolute Gasteiger partial charge is 0.383 e. The summed E-state index contributed by atoms with van der Waals surface area (Å²) in [7, 11) is 1.64. The van der Waals surface area contributed by atoms with E-state index in [9.17, 15) is 4.79 Å². The van der Waals surface area contributed by atoms with Crippen LogP contribution in [0.25, 0.3) is 0 Å². The van der Waals surface area contributed by atoms with Gasteiger partial charge in [-0.3, -0.25) is 4.79 Å². The Labute approximate surface area is 105 Å². The molecular formula is C10H18N4O2S. The lowest BCUT2D eigenvalue weighted by Gasteiger charge is -2.28. The summed E-state index contributed by atoms with van der Waals surface area (Å²) in [6.07, 6.45) is 0. The number of hydrogen-bond acceptors (Lipinski definition) is 6. The molecule has 96 valence electrons. The number of nitrogens with zero attached hydrogens (tertiary/aromatic N) is 2. The van der Waals surface area contributed by atoms with Crippen molar-refractivity contribution in [3.63, 3.8) is 0 Å². The summed E-state index contributed by atoms with van der Waals surface area (Å²) in [5.74, 6) is -0.352. The molecule has 0 radical (unpaired) electrons. The highest BCUT2D eigenvalue weighted by atomic mass is 32.1. The number of hydrogen-bond donors (Lipinski definition) is 2. The van der Waals surface area contributed by atoms with E-state index in [2.05, 4.69) is 4.37 Å². The number of anilines is 2. The van der Waals surface area contributed by atoms with Crippen molar-refractivity contribution in [2.75, 3.05) is 30.9 Å². The molecule has 0 fully saturated rings. The normalized spacial score (nSPS) is 12.4. The second-order valence-electron chi connectivity index (χ2n) is 3.70. The number of primary amides is 1. The second kappa shape index (κ2) is 5.83. The standard InChI is InChI=1S/C10H18N4O2S/c1-4-14(6(2)5-16-3)10-7(9(12)15)8(11)13-17-10/h6H,4-5H2,1-3H3,(H2,11,13)(H2,12,15). The van der Waals surface area contributed by atoms with Crippen molar-refractivity contribution in [2.24, 2.45) is 5.73 Å². The monoisotopic (exact) mass is 258 g/mol. The molecule has 0 saturated heterocycles. The molecule has 0 aliphatic heterocycles. The Hall–Kier alpha value is -1.34. The molecule has 0 spiro atoms. The van der Waals surface area contributed by atoms with Gasteiger partial charge in [0.15, 0.2) is 5.82 Å². The van der Waals surface area contributed by atoms with E-state index in [0.29, 0.717) is 17.2 Å². The minimum Gasteiger partial charge on any atom is -0.383 e. The average molecular weight is 258 g/mol. The van der Waals surface area contributed by atoms with Gasteiger partial charge >= 0.3 is 0 Å². The highest BCUT2D eigenvalue weighted by Gasteiger charge is 2.23. The first-order valence-corrected chi connectivity index (χ1v) is 6.10. The third-order valence-electron chi connectivity index (χ3n) is 2.49. The lowest BCUT2D eigenvalue weighted by atomic mass is 10.2. The number of aromatic nitrogens is 1. The molecule has 0 aromatic carbocycles. The zero-order valence-corrected chi connectivity index (χ0v) is 11.1. The van der Waals surface area contributed by atoms with E-state index in [1.165, 1.54) is 11.5 Å². The number of carbonyl (C=O) groups excluding carboxylic acids is 1. The van der Waals surface area contributed by atoms with Gasteiger partial charge in [-0.1, -0.05) is 0 Å². The van der Waals surface area contributed by atoms with Crippen molar-refractivity contribution in [3.05, 3.63) is 5.56 Å². The van der Waals surface area contributed by atoms with Gasteiger partial charge < -0.3 is 21.1 Å². The fourth-order valence-electron chi connectivity index (χ4n) is 1.71. The molecular weight excluding hydrogens is 240 g/mol. The predicted octanol–water partition coefficient (Wildman–Crippen LogP) is 0.685. The van der Waals surface area contributed by atoms with Crippen molar-refractivity contribution in [2.45, 2.75) is 19.9 Å². The Morgan fingerprint density at radius 1 is 1.65 bits per heavy atom. The van der Waals surface area contributed by atoms with E-state index in [1.54, 1.807) is 7.11 Å². The van der Waals surface area contributed by atoms with Crippen LogP contribution >= 0.6 is 11.5 Å². The van der Waals surface area contributed by atoms with E-state index < -0.39 is 5.91 Å². The second-order valence-corrected chi connectivity index (χ2v) is 4.45. The van der Waals surface area contributed by atoms with Gasteiger partial charge in [-0.05, 0) is 25.4 Å². The Bertz CT molecular complexity index is 394. The Morgan fingerprint density at radius 3 is 2.76 bits per heavy atom. The molecule has 1 unspecified atom stereocenters. The number of carbonyl (C=O) groups is 1. The third kappa shape index (κ3) is 2.86. The van der Waals surface area contributed by atoms with Crippen LogP contribution in [0.15, 0.2) is 0 Å². The Morgan fingerprint density at radius 2 is 2.29 bits per heavy atom. The van der Waals surface area contributed by atoms with E-state index >= 15 is 0 Å². The number of nitrogens with two attached hydrogens (primary N) is 2. The zero-order chi connectivity index (χ0) is 13.0. The SMILES string of the molecule is CCN(c1snc(N)c1C(N)=O)C(C)COC. The molecule has 1 heterocycles. The van der Waals surface area contributed by atoms with Crippen molar-refractivity contribution < 1.29 is 9.53 Å². The van der Waals surface area contributed by atoms with Crippen LogP contribution in [0.1, 0.15) is 24.2 Å². The van der Waals surface area contributed by atoms with Crippen LogP contribution in [0.3, 0.4) is 0 Å². The van der Waals surface area contributed by atoms with Crippen LogP contribution in [0, 0.1) is 0 Å². The minimum absolute atomic E-state index is 0.128. The summed E-state index contributed by atoms with van der Waals surface area (Å²) in [5, 5.41) is 0.710. The third-order valence-corrected chi connectivity index (χ3v) is 3.39. The summed E-state index contributed by atoms with van der Waals surface area (Å²) < 4.78 is 9.10. The van der Waals surface area contributed by atoms with Gasteiger partial charge in [0, 0.05) is 13.7 Å². The average Bonchev–Trinajstić information content (AvgIpc) is 2.62. The van der Waals surface area contributed by atoms with Gasteiger partial charge in [0.2, 0.25) is 0 Å². The van der Waals surface area contributed by atoms with E-state index in [1.807, 2.05) is 18.7 Å². The fourth-order valence-corrected chi connectivity index (χ4v) is 2.69. The van der Waals surface area contributed by atoms with Crippen LogP contribution in [0.4, 0.5) is 10.8 Å². The number of rotatable bonds is 6.